The van der Waals surface area contributed by atoms with Gasteiger partial charge in [-0.2, -0.15) is 0 Å². The normalized spacial score (nSPS) is 16.0. The van der Waals surface area contributed by atoms with Crippen LogP contribution >= 0.6 is 22.6 Å². The highest BCUT2D eigenvalue weighted by Gasteiger charge is 2.51. The maximum absolute atomic E-state index is 4.15. The van der Waals surface area contributed by atoms with Crippen molar-refractivity contribution in [1.29, 1.82) is 0 Å². The summed E-state index contributed by atoms with van der Waals surface area (Å²) in [5.41, 5.74) is 10.4. The lowest BCUT2D eigenvalue weighted by atomic mass is 9.69. The van der Waals surface area contributed by atoms with Gasteiger partial charge < -0.3 is 0 Å². The molecule has 26 heavy (non-hydrogen) atoms. The zero-order valence-corrected chi connectivity index (χ0v) is 16.4. The molecule has 0 atom stereocenters. The Morgan fingerprint density at radius 2 is 1.15 bits per heavy atom. The van der Waals surface area contributed by atoms with Crippen molar-refractivity contribution < 1.29 is 0 Å². The molecule has 0 aliphatic heterocycles. The van der Waals surface area contributed by atoms with Crippen LogP contribution in [0.25, 0.3) is 16.7 Å². The Balaban J connectivity index is 2.03. The molecule has 1 heteroatoms. The first-order valence-electron chi connectivity index (χ1n) is 8.77. The molecule has 124 valence electrons. The maximum Gasteiger partial charge on any atom is 0.0725 e. The zero-order valence-electron chi connectivity index (χ0n) is 14.2. The molecule has 2 aliphatic carbocycles. The summed E-state index contributed by atoms with van der Waals surface area (Å²) in [5.74, 6) is 0. The van der Waals surface area contributed by atoms with Crippen molar-refractivity contribution in [3.05, 3.63) is 123 Å². The number of halogens is 1. The van der Waals surface area contributed by atoms with Crippen LogP contribution in [0.1, 0.15) is 22.3 Å². The summed E-state index contributed by atoms with van der Waals surface area (Å²) in [7, 11) is 0. The lowest BCUT2D eigenvalue weighted by Gasteiger charge is -2.31. The van der Waals surface area contributed by atoms with Crippen molar-refractivity contribution in [3.8, 4) is 11.1 Å². The molecule has 0 fully saturated rings. The fraction of sp³-hybridized carbons (Fsp3) is 0.0400. The summed E-state index contributed by atoms with van der Waals surface area (Å²) < 4.78 is 2.12. The fourth-order valence-corrected chi connectivity index (χ4v) is 5.21. The van der Waals surface area contributed by atoms with E-state index in [1.54, 1.807) is 0 Å². The molecule has 0 aromatic heterocycles. The molecule has 3 aromatic carbocycles. The van der Waals surface area contributed by atoms with Gasteiger partial charge in [0.2, 0.25) is 0 Å². The van der Waals surface area contributed by atoms with Gasteiger partial charge in [-0.3, -0.25) is 0 Å². The summed E-state index contributed by atoms with van der Waals surface area (Å²) in [5, 5.41) is 0. The summed E-state index contributed by atoms with van der Waals surface area (Å²) in [4.78, 5) is 0. The molecule has 2 aliphatic rings. The Bertz CT molecular complexity index is 1070. The van der Waals surface area contributed by atoms with Crippen molar-refractivity contribution in [2.45, 2.75) is 5.41 Å². The summed E-state index contributed by atoms with van der Waals surface area (Å²) in [6.45, 7) is 4.15. The van der Waals surface area contributed by atoms with Gasteiger partial charge in [0.25, 0.3) is 0 Å². The van der Waals surface area contributed by atoms with E-state index in [1.807, 2.05) is 6.08 Å². The van der Waals surface area contributed by atoms with E-state index in [0.717, 1.165) is 0 Å². The maximum atomic E-state index is 4.15. The molecule has 3 aromatic rings. The molecule has 0 heterocycles. The van der Waals surface area contributed by atoms with Gasteiger partial charge in [0, 0.05) is 0 Å². The van der Waals surface area contributed by atoms with E-state index < -0.39 is 0 Å². The van der Waals surface area contributed by atoms with E-state index in [1.165, 1.54) is 44.5 Å². The molecular formula is C25H17I. The van der Waals surface area contributed by atoms with Crippen LogP contribution in [-0.2, 0) is 5.41 Å². The molecule has 0 saturated carbocycles. The highest BCUT2D eigenvalue weighted by atomic mass is 127. The van der Waals surface area contributed by atoms with E-state index in [-0.39, 0.29) is 5.41 Å². The van der Waals surface area contributed by atoms with Gasteiger partial charge in [-0.15, -0.1) is 0 Å². The molecule has 0 nitrogen and oxygen atoms in total. The Hall–Kier alpha value is -2.39. The van der Waals surface area contributed by atoms with Gasteiger partial charge in [-0.25, -0.2) is 0 Å². The van der Waals surface area contributed by atoms with Crippen molar-refractivity contribution >= 4 is 28.2 Å². The number of hydrogen-bond donors (Lipinski definition) is 0. The van der Waals surface area contributed by atoms with Crippen molar-refractivity contribution in [3.63, 3.8) is 0 Å². The number of fused-ring (bicyclic) bond motifs is 7. The van der Waals surface area contributed by atoms with Crippen LogP contribution in [0, 0.1) is 0 Å². The monoisotopic (exact) mass is 444 g/mol. The Labute approximate surface area is 167 Å². The first-order valence-corrected chi connectivity index (χ1v) is 10.0. The second-order valence-electron chi connectivity index (χ2n) is 6.71. The molecule has 0 saturated heterocycles. The van der Waals surface area contributed by atoms with Gasteiger partial charge >= 0.3 is 0 Å². The molecule has 1 spiro atoms. The predicted octanol–water partition coefficient (Wildman–Crippen LogP) is 6.90. The second-order valence-corrected chi connectivity index (χ2v) is 7.43. The minimum atomic E-state index is -0.255. The Kier molecular flexibility index (Phi) is 3.54. The predicted molar refractivity (Wildman–Crippen MR) is 118 cm³/mol. The van der Waals surface area contributed by atoms with Crippen LogP contribution in [0.15, 0.2) is 101 Å². The van der Waals surface area contributed by atoms with E-state index in [4.69, 9.17) is 0 Å². The fourth-order valence-electron chi connectivity index (χ4n) is 4.85. The number of benzene rings is 3. The van der Waals surface area contributed by atoms with Crippen LogP contribution in [0.4, 0.5) is 0 Å². The van der Waals surface area contributed by atoms with E-state index in [9.17, 15) is 0 Å². The van der Waals surface area contributed by atoms with Crippen LogP contribution < -0.4 is 0 Å². The van der Waals surface area contributed by atoms with E-state index >= 15 is 0 Å². The lowest BCUT2D eigenvalue weighted by molar-refractivity contribution is 0.786. The lowest BCUT2D eigenvalue weighted by Crippen LogP contribution is -2.26. The number of hydrogen-bond acceptors (Lipinski definition) is 0. The Morgan fingerprint density at radius 1 is 0.692 bits per heavy atom. The Morgan fingerprint density at radius 3 is 1.65 bits per heavy atom. The third kappa shape index (κ3) is 1.79. The summed E-state index contributed by atoms with van der Waals surface area (Å²) in [6.07, 6.45) is 4.28. The molecule has 0 radical (unpaired) electrons. The highest BCUT2D eigenvalue weighted by molar-refractivity contribution is 14.1. The van der Waals surface area contributed by atoms with Crippen LogP contribution in [0.2, 0.25) is 0 Å². The third-order valence-electron chi connectivity index (χ3n) is 5.70. The van der Waals surface area contributed by atoms with Crippen molar-refractivity contribution in [2.75, 3.05) is 0 Å². The number of rotatable bonds is 2. The van der Waals surface area contributed by atoms with Gasteiger partial charge in [0.05, 0.1) is 5.41 Å². The first-order chi connectivity index (χ1) is 12.8. The SMILES string of the molecule is C=CC1=C(/C=C\I)C2(c3ccccc31)c1ccccc1-c1ccccc12. The van der Waals surface area contributed by atoms with Crippen LogP contribution in [0.5, 0.6) is 0 Å². The average Bonchev–Trinajstić information content (AvgIpc) is 3.15. The molecule has 0 bridgehead atoms. The second kappa shape index (κ2) is 5.82. The highest BCUT2D eigenvalue weighted by Crippen LogP contribution is 2.62. The van der Waals surface area contributed by atoms with Gasteiger partial charge in [-0.05, 0) is 48.6 Å². The minimum Gasteiger partial charge on any atom is -0.0984 e. The van der Waals surface area contributed by atoms with Gasteiger partial charge in [-0.1, -0.05) is 114 Å². The van der Waals surface area contributed by atoms with E-state index in [2.05, 4.69) is 112 Å². The smallest absolute Gasteiger partial charge is 0.0725 e. The number of allylic oxidation sites excluding steroid dienone is 4. The first kappa shape index (κ1) is 15.8. The average molecular weight is 444 g/mol. The molecule has 5 rings (SSSR count). The molecular weight excluding hydrogens is 427 g/mol. The van der Waals surface area contributed by atoms with Gasteiger partial charge in [0.15, 0.2) is 0 Å². The van der Waals surface area contributed by atoms with Crippen LogP contribution in [-0.4, -0.2) is 0 Å². The van der Waals surface area contributed by atoms with Crippen LogP contribution in [0.3, 0.4) is 0 Å². The van der Waals surface area contributed by atoms with Gasteiger partial charge in [0.1, 0.15) is 0 Å². The molecule has 0 amide bonds. The van der Waals surface area contributed by atoms with Crippen molar-refractivity contribution in [2.24, 2.45) is 0 Å². The zero-order chi connectivity index (χ0) is 17.7. The summed E-state index contributed by atoms with van der Waals surface area (Å²) >= 11 is 2.32. The topological polar surface area (TPSA) is 0 Å². The van der Waals surface area contributed by atoms with Crippen molar-refractivity contribution in [1.82, 2.24) is 0 Å². The molecule has 0 unspecified atom stereocenters. The van der Waals surface area contributed by atoms with E-state index in [0.29, 0.717) is 0 Å². The summed E-state index contributed by atoms with van der Waals surface area (Å²) in [6, 6.07) is 26.5. The quantitative estimate of drug-likeness (QED) is 0.377. The standard InChI is InChI=1S/C25H17I/c1-2-17-18-9-3-6-12-21(18)25(24(17)15-16-26)22-13-7-4-10-19(22)20-11-5-8-14-23(20)25/h2-16H,1H2/b16-15-. The molecule has 0 N–H and O–H groups in total. The third-order valence-corrected chi connectivity index (χ3v) is 6.06. The largest absolute Gasteiger partial charge is 0.0984 e. The minimum absolute atomic E-state index is 0.255.